The van der Waals surface area contributed by atoms with Gasteiger partial charge in [0.15, 0.2) is 0 Å². The van der Waals surface area contributed by atoms with Crippen molar-refractivity contribution in [2.45, 2.75) is 39.2 Å². The van der Waals surface area contributed by atoms with E-state index in [1.54, 1.807) is 6.33 Å². The van der Waals surface area contributed by atoms with Gasteiger partial charge in [-0.15, -0.1) is 0 Å². The van der Waals surface area contributed by atoms with Gasteiger partial charge < -0.3 is 25.4 Å². The summed E-state index contributed by atoms with van der Waals surface area (Å²) in [6, 6.07) is 1.88. The predicted molar refractivity (Wildman–Crippen MR) is 110 cm³/mol. The first-order chi connectivity index (χ1) is 13.4. The van der Waals surface area contributed by atoms with Crippen LogP contribution in [0.25, 0.3) is 11.0 Å². The first-order valence-corrected chi connectivity index (χ1v) is 9.79. The molecule has 3 rings (SSSR count). The molecular weight excluding hydrogens is 356 g/mol. The quantitative estimate of drug-likeness (QED) is 0.680. The van der Waals surface area contributed by atoms with E-state index in [-0.39, 0.29) is 18.0 Å². The fraction of sp³-hybridized carbons (Fsp3) is 0.550. The standard InChI is InChI=1S/C20H30N6O2/c1-13-14(2)19-17(22-12-23-19)11-16(13)24-20(28)21-8-7-15-5-6-18(27)26(15)10-9-25(3)4/h11-12,15H,5-10H2,1-4H3,(H,22,23)(H2,21,24,28)/t15-/m0/s1. The van der Waals surface area contributed by atoms with Crippen LogP contribution in [0.3, 0.4) is 0 Å². The van der Waals surface area contributed by atoms with Crippen LogP contribution in [-0.2, 0) is 4.79 Å². The highest BCUT2D eigenvalue weighted by Gasteiger charge is 2.30. The van der Waals surface area contributed by atoms with Crippen LogP contribution in [0.1, 0.15) is 30.4 Å². The number of hydrogen-bond donors (Lipinski definition) is 3. The van der Waals surface area contributed by atoms with E-state index in [2.05, 4.69) is 25.5 Å². The number of nitrogens with zero attached hydrogens (tertiary/aromatic N) is 3. The third-order valence-corrected chi connectivity index (χ3v) is 5.53. The second kappa shape index (κ2) is 8.60. The molecule has 2 heterocycles. The maximum Gasteiger partial charge on any atom is 0.319 e. The van der Waals surface area contributed by atoms with Crippen molar-refractivity contribution in [3.63, 3.8) is 0 Å². The lowest BCUT2D eigenvalue weighted by atomic mass is 10.1. The maximum atomic E-state index is 12.3. The van der Waals surface area contributed by atoms with E-state index < -0.39 is 0 Å². The molecule has 8 heteroatoms. The van der Waals surface area contributed by atoms with Gasteiger partial charge in [0.2, 0.25) is 5.91 Å². The molecule has 0 radical (unpaired) electrons. The number of imidazole rings is 1. The number of likely N-dealkylation sites (N-methyl/N-ethyl adjacent to an activating group) is 1. The number of rotatable bonds is 7. The largest absolute Gasteiger partial charge is 0.345 e. The van der Waals surface area contributed by atoms with Crippen LogP contribution in [0.5, 0.6) is 0 Å². The van der Waals surface area contributed by atoms with Gasteiger partial charge >= 0.3 is 6.03 Å². The monoisotopic (exact) mass is 386 g/mol. The fourth-order valence-electron chi connectivity index (χ4n) is 3.70. The number of carbonyl (C=O) groups is 2. The van der Waals surface area contributed by atoms with Gasteiger partial charge in [0.05, 0.1) is 17.4 Å². The van der Waals surface area contributed by atoms with Crippen molar-refractivity contribution < 1.29 is 9.59 Å². The number of fused-ring (bicyclic) bond motifs is 1. The highest BCUT2D eigenvalue weighted by molar-refractivity contribution is 5.94. The Morgan fingerprint density at radius 2 is 2.14 bits per heavy atom. The molecule has 3 N–H and O–H groups in total. The van der Waals surface area contributed by atoms with E-state index in [0.717, 1.165) is 53.8 Å². The molecule has 0 spiro atoms. The summed E-state index contributed by atoms with van der Waals surface area (Å²) in [5, 5.41) is 5.86. The number of amides is 3. The Bertz CT molecular complexity index is 860. The van der Waals surface area contributed by atoms with Crippen LogP contribution in [0.4, 0.5) is 10.5 Å². The van der Waals surface area contributed by atoms with Crippen LogP contribution >= 0.6 is 0 Å². The van der Waals surface area contributed by atoms with Gasteiger partial charge in [-0.3, -0.25) is 4.79 Å². The van der Waals surface area contributed by atoms with Gasteiger partial charge in [-0.1, -0.05) is 0 Å². The molecule has 1 aliphatic heterocycles. The number of aromatic amines is 1. The van der Waals surface area contributed by atoms with Crippen molar-refractivity contribution in [2.24, 2.45) is 0 Å². The number of H-pyrrole nitrogens is 1. The fourth-order valence-corrected chi connectivity index (χ4v) is 3.70. The number of carbonyl (C=O) groups excluding carboxylic acids is 2. The minimum absolute atomic E-state index is 0.207. The maximum absolute atomic E-state index is 12.3. The highest BCUT2D eigenvalue weighted by Crippen LogP contribution is 2.26. The Hall–Kier alpha value is -2.61. The minimum Gasteiger partial charge on any atom is -0.345 e. The molecule has 152 valence electrons. The predicted octanol–water partition coefficient (Wildman–Crippen LogP) is 2.24. The zero-order chi connectivity index (χ0) is 20.3. The van der Waals surface area contributed by atoms with Crippen molar-refractivity contribution in [1.29, 1.82) is 0 Å². The van der Waals surface area contributed by atoms with Crippen molar-refractivity contribution >= 4 is 28.7 Å². The molecule has 1 aromatic heterocycles. The van der Waals surface area contributed by atoms with E-state index in [1.807, 2.05) is 38.9 Å². The molecule has 28 heavy (non-hydrogen) atoms. The first kappa shape index (κ1) is 20.1. The Labute approximate surface area is 165 Å². The van der Waals surface area contributed by atoms with E-state index in [1.165, 1.54) is 0 Å². The molecule has 1 fully saturated rings. The van der Waals surface area contributed by atoms with Gasteiger partial charge in [-0.2, -0.15) is 0 Å². The zero-order valence-electron chi connectivity index (χ0n) is 17.1. The number of aromatic nitrogens is 2. The Kier molecular flexibility index (Phi) is 6.18. The van der Waals surface area contributed by atoms with E-state index >= 15 is 0 Å². The smallest absolute Gasteiger partial charge is 0.319 e. The van der Waals surface area contributed by atoms with Crippen molar-refractivity contribution in [3.05, 3.63) is 23.5 Å². The van der Waals surface area contributed by atoms with Crippen LogP contribution in [-0.4, -0.2) is 71.5 Å². The third-order valence-electron chi connectivity index (χ3n) is 5.53. The van der Waals surface area contributed by atoms with Crippen LogP contribution in [0.2, 0.25) is 0 Å². The second-order valence-corrected chi connectivity index (χ2v) is 7.73. The SMILES string of the molecule is Cc1c(NC(=O)NCC[C@@H]2CCC(=O)N2CCN(C)C)cc2[nH]cnc2c1C. The van der Waals surface area contributed by atoms with Gasteiger partial charge in [-0.05, 0) is 58.0 Å². The molecule has 1 atom stereocenters. The van der Waals surface area contributed by atoms with Crippen LogP contribution < -0.4 is 10.6 Å². The lowest BCUT2D eigenvalue weighted by Crippen LogP contribution is -2.40. The summed E-state index contributed by atoms with van der Waals surface area (Å²) in [6.07, 6.45) is 3.90. The Morgan fingerprint density at radius 1 is 1.36 bits per heavy atom. The average molecular weight is 387 g/mol. The van der Waals surface area contributed by atoms with E-state index in [9.17, 15) is 9.59 Å². The van der Waals surface area contributed by atoms with Crippen molar-refractivity contribution in [2.75, 3.05) is 39.0 Å². The summed E-state index contributed by atoms with van der Waals surface area (Å²) >= 11 is 0. The number of hydrogen-bond acceptors (Lipinski definition) is 4. The lowest BCUT2D eigenvalue weighted by molar-refractivity contribution is -0.129. The molecule has 2 aromatic rings. The number of anilines is 1. The molecule has 0 unspecified atom stereocenters. The summed E-state index contributed by atoms with van der Waals surface area (Å²) < 4.78 is 0. The summed E-state index contributed by atoms with van der Waals surface area (Å²) in [5.41, 5.74) is 4.66. The molecule has 3 amide bonds. The zero-order valence-corrected chi connectivity index (χ0v) is 17.1. The number of nitrogens with one attached hydrogen (secondary N) is 3. The van der Waals surface area contributed by atoms with Crippen LogP contribution in [0, 0.1) is 13.8 Å². The topological polar surface area (TPSA) is 93.4 Å². The van der Waals surface area contributed by atoms with E-state index in [4.69, 9.17) is 0 Å². The summed E-state index contributed by atoms with van der Waals surface area (Å²) in [6.45, 7) is 6.11. The number of urea groups is 1. The Balaban J connectivity index is 1.52. The number of benzene rings is 1. The van der Waals surface area contributed by atoms with Gasteiger partial charge in [-0.25, -0.2) is 9.78 Å². The Morgan fingerprint density at radius 3 is 2.89 bits per heavy atom. The van der Waals surface area contributed by atoms with Crippen molar-refractivity contribution in [3.8, 4) is 0 Å². The molecule has 1 aromatic carbocycles. The van der Waals surface area contributed by atoms with E-state index in [0.29, 0.717) is 13.0 Å². The minimum atomic E-state index is -0.231. The van der Waals surface area contributed by atoms with Gasteiger partial charge in [0.1, 0.15) is 0 Å². The summed E-state index contributed by atoms with van der Waals surface area (Å²) in [7, 11) is 4.01. The summed E-state index contributed by atoms with van der Waals surface area (Å²) in [4.78, 5) is 35.9. The molecule has 1 aliphatic rings. The summed E-state index contributed by atoms with van der Waals surface area (Å²) in [5.74, 6) is 0.218. The number of likely N-dealkylation sites (tertiary alicyclic amines) is 1. The molecule has 0 bridgehead atoms. The van der Waals surface area contributed by atoms with Crippen LogP contribution in [0.15, 0.2) is 12.4 Å². The second-order valence-electron chi connectivity index (χ2n) is 7.73. The molecular formula is C20H30N6O2. The first-order valence-electron chi connectivity index (χ1n) is 9.79. The normalized spacial score (nSPS) is 17.0. The molecule has 1 saturated heterocycles. The third kappa shape index (κ3) is 4.44. The molecule has 0 saturated carbocycles. The highest BCUT2D eigenvalue weighted by atomic mass is 16.2. The number of aryl methyl sites for hydroxylation is 1. The van der Waals surface area contributed by atoms with Crippen molar-refractivity contribution in [1.82, 2.24) is 25.1 Å². The average Bonchev–Trinajstić information content (AvgIpc) is 3.24. The molecule has 8 nitrogen and oxygen atoms in total. The molecule has 0 aliphatic carbocycles. The van der Waals surface area contributed by atoms with Gasteiger partial charge in [0.25, 0.3) is 0 Å². The van der Waals surface area contributed by atoms with Gasteiger partial charge in [0, 0.05) is 37.8 Å². The lowest BCUT2D eigenvalue weighted by Gasteiger charge is -2.26.